The first-order chi connectivity index (χ1) is 11.3. The lowest BCUT2D eigenvalue weighted by molar-refractivity contribution is -0.118. The summed E-state index contributed by atoms with van der Waals surface area (Å²) in [6, 6.07) is 5.40. The zero-order valence-corrected chi connectivity index (χ0v) is 15.0. The fraction of sp³-hybridized carbons (Fsp3) is 0.611. The van der Waals surface area contributed by atoms with Crippen LogP contribution in [-0.2, 0) is 4.79 Å². The van der Waals surface area contributed by atoms with Crippen molar-refractivity contribution in [3.05, 3.63) is 18.2 Å². The van der Waals surface area contributed by atoms with Crippen LogP contribution in [0.2, 0.25) is 0 Å². The minimum absolute atomic E-state index is 0.0504. The average molecular weight is 336 g/mol. The number of hydrogen-bond donors (Lipinski definition) is 2. The molecule has 0 aliphatic carbocycles. The van der Waals surface area contributed by atoms with Gasteiger partial charge in [-0.2, -0.15) is 0 Å². The minimum Gasteiger partial charge on any atom is -0.491 e. The van der Waals surface area contributed by atoms with Crippen molar-refractivity contribution >= 4 is 11.6 Å². The summed E-state index contributed by atoms with van der Waals surface area (Å²) < 4.78 is 11.3. The second-order valence-corrected chi connectivity index (χ2v) is 6.97. The predicted molar refractivity (Wildman–Crippen MR) is 93.8 cm³/mol. The van der Waals surface area contributed by atoms with E-state index in [2.05, 4.69) is 5.32 Å². The number of hydrogen-bond acceptors (Lipinski definition) is 5. The zero-order valence-electron chi connectivity index (χ0n) is 15.0. The first kappa shape index (κ1) is 18.5. The van der Waals surface area contributed by atoms with Crippen LogP contribution in [0.25, 0.3) is 0 Å². The third kappa shape index (κ3) is 5.11. The number of amides is 1. The van der Waals surface area contributed by atoms with E-state index in [4.69, 9.17) is 9.47 Å². The van der Waals surface area contributed by atoms with Crippen molar-refractivity contribution < 1.29 is 19.4 Å². The highest BCUT2D eigenvalue weighted by molar-refractivity contribution is 5.95. The van der Waals surface area contributed by atoms with Crippen LogP contribution in [0.3, 0.4) is 0 Å². The summed E-state index contributed by atoms with van der Waals surface area (Å²) >= 11 is 0. The van der Waals surface area contributed by atoms with Gasteiger partial charge in [-0.05, 0) is 32.9 Å². The van der Waals surface area contributed by atoms with E-state index in [0.29, 0.717) is 37.6 Å². The monoisotopic (exact) mass is 336 g/mol. The van der Waals surface area contributed by atoms with Gasteiger partial charge in [-0.25, -0.2) is 0 Å². The Morgan fingerprint density at radius 3 is 2.88 bits per heavy atom. The van der Waals surface area contributed by atoms with Crippen LogP contribution in [0.5, 0.6) is 11.5 Å². The molecule has 0 saturated carbocycles. The number of β-amino-alcohol motifs (C(OH)–C–C–N with tert-alkyl or cyclic N) is 1. The third-order valence-corrected chi connectivity index (χ3v) is 3.71. The summed E-state index contributed by atoms with van der Waals surface area (Å²) in [4.78, 5) is 13.8. The highest BCUT2D eigenvalue weighted by Crippen LogP contribution is 2.35. The molecule has 6 nitrogen and oxygen atoms in total. The van der Waals surface area contributed by atoms with Crippen molar-refractivity contribution in [2.75, 3.05) is 31.2 Å². The first-order valence-corrected chi connectivity index (χ1v) is 8.43. The molecule has 0 spiro atoms. The summed E-state index contributed by atoms with van der Waals surface area (Å²) in [6.07, 6.45) is -0.160. The van der Waals surface area contributed by atoms with Gasteiger partial charge in [0.15, 0.2) is 0 Å². The van der Waals surface area contributed by atoms with E-state index < -0.39 is 6.10 Å². The van der Waals surface area contributed by atoms with Crippen molar-refractivity contribution in [1.29, 1.82) is 0 Å². The van der Waals surface area contributed by atoms with E-state index in [1.54, 1.807) is 23.1 Å². The Bertz CT molecular complexity index is 569. The molecule has 1 aliphatic rings. The predicted octanol–water partition coefficient (Wildman–Crippen LogP) is 1.95. The summed E-state index contributed by atoms with van der Waals surface area (Å²) in [5.74, 6) is 1.36. The van der Waals surface area contributed by atoms with Gasteiger partial charge in [0.25, 0.3) is 0 Å². The molecule has 1 heterocycles. The van der Waals surface area contributed by atoms with Crippen LogP contribution in [0.4, 0.5) is 5.69 Å². The normalized spacial score (nSPS) is 15.5. The molecule has 0 aromatic heterocycles. The van der Waals surface area contributed by atoms with E-state index in [1.165, 1.54) is 0 Å². The molecule has 0 bridgehead atoms. The van der Waals surface area contributed by atoms with E-state index in [9.17, 15) is 9.90 Å². The molecule has 2 N–H and O–H groups in total. The van der Waals surface area contributed by atoms with Gasteiger partial charge in [-0.3, -0.25) is 4.79 Å². The summed E-state index contributed by atoms with van der Waals surface area (Å²) in [5, 5.41) is 13.2. The number of carbonyl (C=O) groups excluding carboxylic acids is 1. The van der Waals surface area contributed by atoms with Gasteiger partial charge in [0.05, 0.1) is 12.2 Å². The molecule has 0 fully saturated rings. The quantitative estimate of drug-likeness (QED) is 0.831. The number of carbonyl (C=O) groups is 1. The van der Waals surface area contributed by atoms with Crippen molar-refractivity contribution in [1.82, 2.24) is 5.32 Å². The molecule has 0 radical (unpaired) electrons. The van der Waals surface area contributed by atoms with Gasteiger partial charge in [0, 0.05) is 24.6 Å². The Morgan fingerprint density at radius 2 is 2.21 bits per heavy atom. The van der Waals surface area contributed by atoms with Gasteiger partial charge in [0.2, 0.25) is 5.91 Å². The SMILES string of the molecule is CCC(=O)N1CCOc2ccc(OCC(O)CNC(C)(C)C)cc21. The van der Waals surface area contributed by atoms with E-state index in [0.717, 1.165) is 5.69 Å². The summed E-state index contributed by atoms with van der Waals surface area (Å²) in [5.41, 5.74) is 0.679. The van der Waals surface area contributed by atoms with Crippen molar-refractivity contribution in [3.8, 4) is 11.5 Å². The Kier molecular flexibility index (Phi) is 6.07. The molecule has 24 heavy (non-hydrogen) atoms. The Hall–Kier alpha value is -1.79. The maximum absolute atomic E-state index is 12.1. The molecule has 1 aromatic rings. The maximum atomic E-state index is 12.1. The third-order valence-electron chi connectivity index (χ3n) is 3.71. The number of nitrogens with one attached hydrogen (secondary N) is 1. The number of ether oxygens (including phenoxy) is 2. The summed E-state index contributed by atoms with van der Waals surface area (Å²) in [6.45, 7) is 9.66. The van der Waals surface area contributed by atoms with E-state index in [-0.39, 0.29) is 18.1 Å². The lowest BCUT2D eigenvalue weighted by Crippen LogP contribution is -2.42. The molecule has 1 aromatic carbocycles. The topological polar surface area (TPSA) is 71.0 Å². The smallest absolute Gasteiger partial charge is 0.226 e. The highest BCUT2D eigenvalue weighted by Gasteiger charge is 2.23. The van der Waals surface area contributed by atoms with Crippen molar-refractivity contribution in [3.63, 3.8) is 0 Å². The van der Waals surface area contributed by atoms with Crippen LogP contribution < -0.4 is 19.7 Å². The van der Waals surface area contributed by atoms with Crippen molar-refractivity contribution in [2.45, 2.75) is 45.8 Å². The number of fused-ring (bicyclic) bond motifs is 1. The summed E-state index contributed by atoms with van der Waals surface area (Å²) in [7, 11) is 0. The second-order valence-electron chi connectivity index (χ2n) is 6.97. The first-order valence-electron chi connectivity index (χ1n) is 8.43. The van der Waals surface area contributed by atoms with Gasteiger partial charge >= 0.3 is 0 Å². The van der Waals surface area contributed by atoms with Crippen LogP contribution in [-0.4, -0.2) is 49.0 Å². The zero-order chi connectivity index (χ0) is 17.7. The lowest BCUT2D eigenvalue weighted by atomic mass is 10.1. The van der Waals surface area contributed by atoms with Gasteiger partial charge in [0.1, 0.15) is 30.8 Å². The van der Waals surface area contributed by atoms with Crippen molar-refractivity contribution in [2.24, 2.45) is 0 Å². The molecule has 1 aliphatic heterocycles. The number of aliphatic hydroxyl groups excluding tert-OH is 1. The molecular weight excluding hydrogens is 308 g/mol. The second kappa shape index (κ2) is 7.85. The molecule has 6 heteroatoms. The lowest BCUT2D eigenvalue weighted by Gasteiger charge is -2.29. The molecule has 1 unspecified atom stereocenters. The average Bonchev–Trinajstić information content (AvgIpc) is 2.56. The largest absolute Gasteiger partial charge is 0.491 e. The standard InChI is InChI=1S/C18H28N2O4/c1-5-17(22)20-8-9-23-16-7-6-14(10-15(16)20)24-12-13(21)11-19-18(2,3)4/h6-7,10,13,19,21H,5,8-9,11-12H2,1-4H3. The molecule has 1 atom stereocenters. The number of aliphatic hydroxyl groups is 1. The maximum Gasteiger partial charge on any atom is 0.226 e. The van der Waals surface area contributed by atoms with Gasteiger partial charge < -0.3 is 24.8 Å². The number of rotatable bonds is 6. The van der Waals surface area contributed by atoms with E-state index in [1.807, 2.05) is 27.7 Å². The van der Waals surface area contributed by atoms with Crippen LogP contribution in [0, 0.1) is 0 Å². The fourth-order valence-electron chi connectivity index (χ4n) is 2.41. The molecule has 1 amide bonds. The van der Waals surface area contributed by atoms with Gasteiger partial charge in [-0.15, -0.1) is 0 Å². The minimum atomic E-state index is -0.607. The number of anilines is 1. The van der Waals surface area contributed by atoms with E-state index >= 15 is 0 Å². The molecular formula is C18H28N2O4. The highest BCUT2D eigenvalue weighted by atomic mass is 16.5. The van der Waals surface area contributed by atoms with Gasteiger partial charge in [-0.1, -0.05) is 6.92 Å². The fourth-order valence-corrected chi connectivity index (χ4v) is 2.41. The number of benzene rings is 1. The Labute approximate surface area is 143 Å². The van der Waals surface area contributed by atoms with Crippen LogP contribution >= 0.6 is 0 Å². The molecule has 0 saturated heterocycles. The number of nitrogens with zero attached hydrogens (tertiary/aromatic N) is 1. The molecule has 2 rings (SSSR count). The molecule has 134 valence electrons. The van der Waals surface area contributed by atoms with Crippen LogP contribution in [0.15, 0.2) is 18.2 Å². The van der Waals surface area contributed by atoms with Crippen LogP contribution in [0.1, 0.15) is 34.1 Å². The Morgan fingerprint density at radius 1 is 1.46 bits per heavy atom. The Balaban J connectivity index is 1.99.